The first-order valence-electron chi connectivity index (χ1n) is 9.97. The summed E-state index contributed by atoms with van der Waals surface area (Å²) in [6, 6.07) is 12.0. The van der Waals surface area contributed by atoms with Crippen molar-refractivity contribution in [2.45, 2.75) is 44.8 Å². The second-order valence-electron chi connectivity index (χ2n) is 7.56. The van der Waals surface area contributed by atoms with Gasteiger partial charge < -0.3 is 9.64 Å². The molecule has 0 N–H and O–H groups in total. The van der Waals surface area contributed by atoms with Gasteiger partial charge in [-0.3, -0.25) is 4.79 Å². The summed E-state index contributed by atoms with van der Waals surface area (Å²) in [6.07, 6.45) is -0.437. The average molecular weight is 451 g/mol. The van der Waals surface area contributed by atoms with Crippen molar-refractivity contribution < 1.29 is 17.9 Å². The van der Waals surface area contributed by atoms with E-state index in [2.05, 4.69) is 0 Å². The summed E-state index contributed by atoms with van der Waals surface area (Å²) in [6.45, 7) is 8.42. The van der Waals surface area contributed by atoms with Gasteiger partial charge in [0.1, 0.15) is 4.90 Å². The normalized spacial score (nSPS) is 20.2. The fourth-order valence-corrected chi connectivity index (χ4v) is 5.84. The summed E-state index contributed by atoms with van der Waals surface area (Å²) in [7, 11) is -3.87. The van der Waals surface area contributed by atoms with Crippen molar-refractivity contribution >= 4 is 33.2 Å². The topological polar surface area (TPSA) is 66.9 Å². The molecule has 2 atom stereocenters. The van der Waals surface area contributed by atoms with Gasteiger partial charge >= 0.3 is 0 Å². The first kappa shape index (κ1) is 22.7. The van der Waals surface area contributed by atoms with Crippen LogP contribution in [0.15, 0.2) is 47.4 Å². The largest absolute Gasteiger partial charge is 0.373 e. The maximum absolute atomic E-state index is 13.3. The molecule has 0 spiro atoms. The van der Waals surface area contributed by atoms with E-state index in [0.29, 0.717) is 6.54 Å². The third-order valence-corrected chi connectivity index (χ3v) is 7.46. The molecule has 0 unspecified atom stereocenters. The van der Waals surface area contributed by atoms with Crippen molar-refractivity contribution in [3.63, 3.8) is 0 Å². The molecule has 1 saturated heterocycles. The number of para-hydroxylation sites is 1. The predicted octanol–water partition coefficient (Wildman–Crippen LogP) is 4.11. The van der Waals surface area contributed by atoms with Gasteiger partial charge in [0.15, 0.2) is 0 Å². The lowest BCUT2D eigenvalue weighted by Gasteiger charge is -2.34. The SMILES string of the molecule is CCN(C(=O)c1ccc(Cl)c(S(=O)(=O)N2C[C@@H](C)O[C@@H](C)C2)c1)c1ccccc1C. The van der Waals surface area contributed by atoms with E-state index in [-0.39, 0.29) is 46.7 Å². The van der Waals surface area contributed by atoms with Crippen LogP contribution in [0.5, 0.6) is 0 Å². The lowest BCUT2D eigenvalue weighted by Crippen LogP contribution is -2.48. The van der Waals surface area contributed by atoms with Crippen molar-refractivity contribution in [1.29, 1.82) is 0 Å². The van der Waals surface area contributed by atoms with E-state index in [1.165, 1.54) is 16.4 Å². The van der Waals surface area contributed by atoms with Crippen LogP contribution in [0.2, 0.25) is 5.02 Å². The fourth-order valence-electron chi connectivity index (χ4n) is 3.75. The predicted molar refractivity (Wildman–Crippen MR) is 119 cm³/mol. The van der Waals surface area contributed by atoms with Gasteiger partial charge in [0.05, 0.1) is 17.2 Å². The number of benzene rings is 2. The molecule has 162 valence electrons. The minimum atomic E-state index is -3.87. The molecule has 30 heavy (non-hydrogen) atoms. The zero-order valence-electron chi connectivity index (χ0n) is 17.6. The lowest BCUT2D eigenvalue weighted by molar-refractivity contribution is -0.0440. The molecule has 0 aliphatic carbocycles. The number of sulfonamides is 1. The second kappa shape index (κ2) is 9.06. The molecule has 6 nitrogen and oxygen atoms in total. The summed E-state index contributed by atoms with van der Waals surface area (Å²) >= 11 is 6.27. The Labute approximate surface area is 183 Å². The maximum Gasteiger partial charge on any atom is 0.258 e. The van der Waals surface area contributed by atoms with Gasteiger partial charge in [-0.05, 0) is 57.5 Å². The number of ether oxygens (including phenoxy) is 1. The molecule has 1 fully saturated rings. The second-order valence-corrected chi connectivity index (χ2v) is 9.87. The highest BCUT2D eigenvalue weighted by Gasteiger charge is 2.34. The highest BCUT2D eigenvalue weighted by Crippen LogP contribution is 2.29. The summed E-state index contributed by atoms with van der Waals surface area (Å²) in [5.74, 6) is -0.274. The van der Waals surface area contributed by atoms with Gasteiger partial charge in [0.2, 0.25) is 10.0 Å². The molecule has 1 heterocycles. The van der Waals surface area contributed by atoms with Crippen molar-refractivity contribution in [2.75, 3.05) is 24.5 Å². The zero-order chi connectivity index (χ0) is 22.1. The third-order valence-electron chi connectivity index (χ3n) is 5.15. The van der Waals surface area contributed by atoms with Crippen molar-refractivity contribution in [2.24, 2.45) is 0 Å². The van der Waals surface area contributed by atoms with E-state index in [1.54, 1.807) is 11.0 Å². The molecular weight excluding hydrogens is 424 g/mol. The van der Waals surface area contributed by atoms with Gasteiger partial charge in [-0.15, -0.1) is 0 Å². The van der Waals surface area contributed by atoms with Gasteiger partial charge in [0, 0.05) is 30.9 Å². The number of aryl methyl sites for hydroxylation is 1. The number of hydrogen-bond acceptors (Lipinski definition) is 4. The van der Waals surface area contributed by atoms with Crippen LogP contribution in [0, 0.1) is 6.92 Å². The Morgan fingerprint density at radius 1 is 1.17 bits per heavy atom. The Kier molecular flexibility index (Phi) is 6.87. The molecule has 2 aromatic rings. The van der Waals surface area contributed by atoms with Crippen LogP contribution < -0.4 is 4.90 Å². The van der Waals surface area contributed by atoms with Crippen molar-refractivity contribution in [1.82, 2.24) is 4.31 Å². The van der Waals surface area contributed by atoms with E-state index in [1.807, 2.05) is 52.0 Å². The highest BCUT2D eigenvalue weighted by atomic mass is 35.5. The summed E-state index contributed by atoms with van der Waals surface area (Å²) in [5.41, 5.74) is 2.03. The molecule has 0 bridgehead atoms. The molecule has 8 heteroatoms. The Balaban J connectivity index is 1.98. The van der Waals surface area contributed by atoms with Gasteiger partial charge in [-0.1, -0.05) is 29.8 Å². The number of amides is 1. The molecule has 1 amide bonds. The third kappa shape index (κ3) is 4.54. The Morgan fingerprint density at radius 2 is 1.80 bits per heavy atom. The van der Waals surface area contributed by atoms with Gasteiger partial charge in [0.25, 0.3) is 5.91 Å². The number of halogens is 1. The molecule has 0 aromatic heterocycles. The monoisotopic (exact) mass is 450 g/mol. The first-order valence-corrected chi connectivity index (χ1v) is 11.8. The van der Waals surface area contributed by atoms with Crippen LogP contribution in [0.25, 0.3) is 0 Å². The Morgan fingerprint density at radius 3 is 2.40 bits per heavy atom. The summed E-state index contributed by atoms with van der Waals surface area (Å²) < 4.78 is 33.6. The van der Waals surface area contributed by atoms with E-state index in [0.717, 1.165) is 11.3 Å². The highest BCUT2D eigenvalue weighted by molar-refractivity contribution is 7.89. The molecule has 2 aromatic carbocycles. The van der Waals surface area contributed by atoms with Crippen LogP contribution in [0.3, 0.4) is 0 Å². The Hall–Kier alpha value is -1.93. The van der Waals surface area contributed by atoms with Crippen molar-refractivity contribution in [3.8, 4) is 0 Å². The molecule has 1 aliphatic rings. The first-order chi connectivity index (χ1) is 14.1. The van der Waals surface area contributed by atoms with Crippen LogP contribution in [0.4, 0.5) is 5.69 Å². The number of morpholine rings is 1. The van der Waals surface area contributed by atoms with Crippen LogP contribution in [-0.4, -0.2) is 50.5 Å². The quantitative estimate of drug-likeness (QED) is 0.687. The number of nitrogens with zero attached hydrogens (tertiary/aromatic N) is 2. The van der Waals surface area contributed by atoms with E-state index >= 15 is 0 Å². The number of rotatable bonds is 5. The number of carbonyl (C=O) groups excluding carboxylic acids is 1. The molecular formula is C22H27ClN2O4S. The minimum absolute atomic E-state index is 0.0582. The van der Waals surface area contributed by atoms with Crippen LogP contribution >= 0.6 is 11.6 Å². The van der Waals surface area contributed by atoms with E-state index < -0.39 is 10.0 Å². The molecule has 0 saturated carbocycles. The molecule has 1 aliphatic heterocycles. The Bertz CT molecular complexity index is 1030. The summed E-state index contributed by atoms with van der Waals surface area (Å²) in [4.78, 5) is 14.8. The zero-order valence-corrected chi connectivity index (χ0v) is 19.2. The number of anilines is 1. The summed E-state index contributed by atoms with van der Waals surface area (Å²) in [5, 5.41) is 0.0947. The van der Waals surface area contributed by atoms with E-state index in [4.69, 9.17) is 16.3 Å². The lowest BCUT2D eigenvalue weighted by atomic mass is 10.1. The standard InChI is InChI=1S/C22H27ClN2O4S/c1-5-25(20-9-7-6-8-15(20)2)22(26)18-10-11-19(23)21(12-18)30(27,28)24-13-16(3)29-17(4)14-24/h6-12,16-17H,5,13-14H2,1-4H3/t16-,17+. The number of hydrogen-bond donors (Lipinski definition) is 0. The minimum Gasteiger partial charge on any atom is -0.373 e. The molecule has 0 radical (unpaired) electrons. The average Bonchev–Trinajstić information content (AvgIpc) is 2.69. The van der Waals surface area contributed by atoms with Gasteiger partial charge in [-0.2, -0.15) is 4.31 Å². The molecule has 3 rings (SSSR count). The number of carbonyl (C=O) groups is 1. The van der Waals surface area contributed by atoms with Crippen molar-refractivity contribution in [3.05, 3.63) is 58.6 Å². The fraction of sp³-hybridized carbons (Fsp3) is 0.409. The van der Waals surface area contributed by atoms with Crippen LogP contribution in [0.1, 0.15) is 36.7 Å². The maximum atomic E-state index is 13.3. The van der Waals surface area contributed by atoms with E-state index in [9.17, 15) is 13.2 Å². The smallest absolute Gasteiger partial charge is 0.258 e. The van der Waals surface area contributed by atoms with Gasteiger partial charge in [-0.25, -0.2) is 8.42 Å². The van der Waals surface area contributed by atoms with Crippen LogP contribution in [-0.2, 0) is 14.8 Å².